The van der Waals surface area contributed by atoms with Gasteiger partial charge in [-0.25, -0.2) is 4.79 Å². The first kappa shape index (κ1) is 27.0. The number of carbonyl (C=O) groups excluding carboxylic acids is 3. The fourth-order valence-corrected chi connectivity index (χ4v) is 5.02. The zero-order valence-electron chi connectivity index (χ0n) is 21.7. The molecule has 0 spiro atoms. The van der Waals surface area contributed by atoms with E-state index in [1.807, 2.05) is 0 Å². The summed E-state index contributed by atoms with van der Waals surface area (Å²) in [6.45, 7) is 2.49. The van der Waals surface area contributed by atoms with Gasteiger partial charge in [-0.05, 0) is 55.8 Å². The van der Waals surface area contributed by atoms with Crippen LogP contribution in [0.5, 0.6) is 0 Å². The molecule has 5 rings (SSSR count). The number of piperidine rings is 1. The van der Waals surface area contributed by atoms with Gasteiger partial charge in [-0.1, -0.05) is 23.7 Å². The number of halogens is 1. The van der Waals surface area contributed by atoms with Gasteiger partial charge < -0.3 is 25.3 Å². The van der Waals surface area contributed by atoms with Crippen LogP contribution in [0, 0.1) is 0 Å². The van der Waals surface area contributed by atoms with E-state index in [4.69, 9.17) is 16.3 Å². The molecule has 0 unspecified atom stereocenters. The van der Waals surface area contributed by atoms with Gasteiger partial charge in [0.15, 0.2) is 0 Å². The zero-order valence-corrected chi connectivity index (χ0v) is 22.5. The summed E-state index contributed by atoms with van der Waals surface area (Å²) in [5.41, 5.74) is 1.99. The predicted molar refractivity (Wildman–Crippen MR) is 151 cm³/mol. The predicted octanol–water partition coefficient (Wildman–Crippen LogP) is 3.73. The van der Waals surface area contributed by atoms with Gasteiger partial charge in [-0.15, -0.1) is 0 Å². The van der Waals surface area contributed by atoms with Crippen molar-refractivity contribution >= 4 is 40.4 Å². The Morgan fingerprint density at radius 1 is 1.00 bits per heavy atom. The van der Waals surface area contributed by atoms with Gasteiger partial charge in [0.1, 0.15) is 0 Å². The standard InChI is InChI=1S/C29H28ClN5O5/c1-2-40-29(39)34-14-12-23(32-28(38)19-8-11-21-22(30)16-31-24(21)15-19)25(17-34)33-27(37)18-6-9-20(10-7-18)35-13-4-3-5-26(35)36/h3-11,13,15-16,23,25,31H,2,12,14,17H2,1H3,(H,32,38)(H,33,37)/t23-,25+/m1/s1. The van der Waals surface area contributed by atoms with E-state index in [0.717, 1.165) is 10.9 Å². The van der Waals surface area contributed by atoms with Crippen LogP contribution in [0.25, 0.3) is 16.6 Å². The number of nitrogens with one attached hydrogen (secondary N) is 3. The molecule has 1 fully saturated rings. The highest BCUT2D eigenvalue weighted by atomic mass is 35.5. The van der Waals surface area contributed by atoms with E-state index in [0.29, 0.717) is 34.8 Å². The second-order valence-electron chi connectivity index (χ2n) is 9.45. The normalized spacial score (nSPS) is 16.9. The van der Waals surface area contributed by atoms with Crippen molar-refractivity contribution in [1.82, 2.24) is 25.1 Å². The van der Waals surface area contributed by atoms with E-state index in [-0.39, 0.29) is 30.5 Å². The number of likely N-dealkylation sites (tertiary alicyclic amines) is 1. The zero-order chi connectivity index (χ0) is 28.2. The van der Waals surface area contributed by atoms with Crippen molar-refractivity contribution in [1.29, 1.82) is 0 Å². The van der Waals surface area contributed by atoms with Crippen molar-refractivity contribution in [3.8, 4) is 5.69 Å². The number of pyridine rings is 1. The Hall–Kier alpha value is -4.57. The number of H-pyrrole nitrogens is 1. The molecule has 2 atom stereocenters. The summed E-state index contributed by atoms with van der Waals surface area (Å²) in [6.07, 6.45) is 3.26. The molecule has 206 valence electrons. The van der Waals surface area contributed by atoms with Crippen molar-refractivity contribution in [3.63, 3.8) is 0 Å². The minimum absolute atomic E-state index is 0.165. The topological polar surface area (TPSA) is 126 Å². The van der Waals surface area contributed by atoms with E-state index in [1.165, 1.54) is 15.5 Å². The highest BCUT2D eigenvalue weighted by Gasteiger charge is 2.34. The summed E-state index contributed by atoms with van der Waals surface area (Å²) in [5, 5.41) is 7.39. The van der Waals surface area contributed by atoms with Gasteiger partial charge in [0, 0.05) is 59.3 Å². The quantitative estimate of drug-likeness (QED) is 0.331. The summed E-state index contributed by atoms with van der Waals surface area (Å²) in [7, 11) is 0. The average molecular weight is 562 g/mol. The maximum Gasteiger partial charge on any atom is 0.409 e. The Kier molecular flexibility index (Phi) is 7.88. The summed E-state index contributed by atoms with van der Waals surface area (Å²) >= 11 is 6.16. The minimum atomic E-state index is -0.574. The molecule has 40 heavy (non-hydrogen) atoms. The first-order valence-corrected chi connectivity index (χ1v) is 13.3. The number of hydrogen-bond acceptors (Lipinski definition) is 5. The molecule has 0 aliphatic carbocycles. The molecule has 10 nitrogen and oxygen atoms in total. The first-order chi connectivity index (χ1) is 19.3. The molecule has 1 aliphatic heterocycles. The van der Waals surface area contributed by atoms with Gasteiger partial charge in [0.05, 0.1) is 23.7 Å². The average Bonchev–Trinajstić information content (AvgIpc) is 3.34. The Morgan fingerprint density at radius 3 is 2.48 bits per heavy atom. The van der Waals surface area contributed by atoms with Crippen molar-refractivity contribution < 1.29 is 19.1 Å². The molecule has 3 heterocycles. The Bertz CT molecular complexity index is 1610. The Balaban J connectivity index is 1.33. The van der Waals surface area contributed by atoms with Crippen molar-refractivity contribution in [2.24, 2.45) is 0 Å². The van der Waals surface area contributed by atoms with Crippen molar-refractivity contribution in [2.75, 3.05) is 19.7 Å². The third-order valence-corrected chi connectivity index (χ3v) is 7.21. The van der Waals surface area contributed by atoms with Crippen LogP contribution in [0.4, 0.5) is 4.79 Å². The fourth-order valence-electron chi connectivity index (χ4n) is 4.80. The molecule has 0 bridgehead atoms. The number of ether oxygens (including phenoxy) is 1. The van der Waals surface area contributed by atoms with Gasteiger partial charge in [-0.2, -0.15) is 0 Å². The Morgan fingerprint density at radius 2 is 1.73 bits per heavy atom. The molecule has 1 saturated heterocycles. The monoisotopic (exact) mass is 561 g/mol. The fraction of sp³-hybridized carbons (Fsp3) is 0.241. The summed E-state index contributed by atoms with van der Waals surface area (Å²) in [4.78, 5) is 55.5. The van der Waals surface area contributed by atoms with Crippen LogP contribution >= 0.6 is 11.6 Å². The molecule has 0 saturated carbocycles. The van der Waals surface area contributed by atoms with Crippen molar-refractivity contribution in [2.45, 2.75) is 25.4 Å². The summed E-state index contributed by atoms with van der Waals surface area (Å²) in [6, 6.07) is 15.7. The molecule has 2 aromatic carbocycles. The van der Waals surface area contributed by atoms with Gasteiger partial charge in [-0.3, -0.25) is 19.0 Å². The lowest BCUT2D eigenvalue weighted by atomic mass is 9.98. The van der Waals surface area contributed by atoms with Crippen LogP contribution in [-0.2, 0) is 4.74 Å². The Labute approximate surface area is 234 Å². The lowest BCUT2D eigenvalue weighted by molar-refractivity contribution is 0.0722. The van der Waals surface area contributed by atoms with E-state index in [9.17, 15) is 19.2 Å². The van der Waals surface area contributed by atoms with Crippen LogP contribution in [0.1, 0.15) is 34.1 Å². The SMILES string of the molecule is CCOC(=O)N1CC[C@@H](NC(=O)c2ccc3c(Cl)c[nH]c3c2)[C@@H](NC(=O)c2ccc(-n3ccccc3=O)cc2)C1. The molecule has 4 aromatic rings. The van der Waals surface area contributed by atoms with Crippen LogP contribution in [0.2, 0.25) is 5.02 Å². The van der Waals surface area contributed by atoms with Crippen LogP contribution in [0.15, 0.2) is 77.9 Å². The van der Waals surface area contributed by atoms with E-state index in [1.54, 1.807) is 73.9 Å². The highest BCUT2D eigenvalue weighted by Crippen LogP contribution is 2.24. The van der Waals surface area contributed by atoms with Crippen LogP contribution in [-0.4, -0.2) is 64.1 Å². The van der Waals surface area contributed by atoms with Crippen LogP contribution < -0.4 is 16.2 Å². The first-order valence-electron chi connectivity index (χ1n) is 12.9. The van der Waals surface area contributed by atoms with Gasteiger partial charge >= 0.3 is 6.09 Å². The lowest BCUT2D eigenvalue weighted by Crippen LogP contribution is -2.61. The summed E-state index contributed by atoms with van der Waals surface area (Å²) < 4.78 is 6.63. The third kappa shape index (κ3) is 5.72. The molecule has 2 aromatic heterocycles. The molecule has 11 heteroatoms. The number of hydrogen-bond donors (Lipinski definition) is 3. The number of benzene rings is 2. The second-order valence-corrected chi connectivity index (χ2v) is 9.85. The number of aromatic amines is 1. The highest BCUT2D eigenvalue weighted by molar-refractivity contribution is 6.35. The van der Waals surface area contributed by atoms with Gasteiger partial charge in [0.25, 0.3) is 17.4 Å². The van der Waals surface area contributed by atoms with Crippen LogP contribution in [0.3, 0.4) is 0 Å². The number of rotatable bonds is 6. The molecule has 3 N–H and O–H groups in total. The molecule has 0 radical (unpaired) electrons. The molecule has 3 amide bonds. The van der Waals surface area contributed by atoms with E-state index >= 15 is 0 Å². The minimum Gasteiger partial charge on any atom is -0.450 e. The van der Waals surface area contributed by atoms with Gasteiger partial charge in [0.2, 0.25) is 0 Å². The maximum absolute atomic E-state index is 13.2. The van der Waals surface area contributed by atoms with Crippen molar-refractivity contribution in [3.05, 3.63) is 99.6 Å². The number of amides is 3. The maximum atomic E-state index is 13.2. The lowest BCUT2D eigenvalue weighted by Gasteiger charge is -2.38. The number of nitrogens with zero attached hydrogens (tertiary/aromatic N) is 2. The summed E-state index contributed by atoms with van der Waals surface area (Å²) in [5.74, 6) is -0.677. The number of fused-ring (bicyclic) bond motifs is 1. The second kappa shape index (κ2) is 11.7. The number of aromatic nitrogens is 2. The molecule has 1 aliphatic rings. The molecular formula is C29H28ClN5O5. The van der Waals surface area contributed by atoms with E-state index < -0.39 is 18.2 Å². The largest absolute Gasteiger partial charge is 0.450 e. The smallest absolute Gasteiger partial charge is 0.409 e. The van der Waals surface area contributed by atoms with E-state index in [2.05, 4.69) is 15.6 Å². The number of carbonyl (C=O) groups is 3. The molecular weight excluding hydrogens is 534 g/mol. The third-order valence-electron chi connectivity index (χ3n) is 6.90.